The monoisotopic (exact) mass is 508 g/mol. The number of carbonyl (C=O) groups is 2. The summed E-state index contributed by atoms with van der Waals surface area (Å²) in [5.74, 6) is -0.0708. The molecule has 1 aromatic carbocycles. The highest BCUT2D eigenvalue weighted by molar-refractivity contribution is 5.83. The molecule has 0 bridgehead atoms. The Labute approximate surface area is 216 Å². The van der Waals surface area contributed by atoms with Crippen molar-refractivity contribution in [2.75, 3.05) is 18.4 Å². The molecule has 0 aliphatic carbocycles. The zero-order valence-corrected chi connectivity index (χ0v) is 22.1. The smallest absolute Gasteiger partial charge is 0.407 e. The average Bonchev–Trinajstić information content (AvgIpc) is 3.44. The molecule has 0 saturated carbocycles. The van der Waals surface area contributed by atoms with Crippen LogP contribution in [0.2, 0.25) is 0 Å². The number of anilines is 1. The number of carbonyl (C=O) groups excluding carboxylic acids is 1. The largest absolute Gasteiger partial charge is 0.465 e. The molecule has 1 fully saturated rings. The van der Waals surface area contributed by atoms with Crippen molar-refractivity contribution < 1.29 is 14.7 Å². The summed E-state index contributed by atoms with van der Waals surface area (Å²) >= 11 is 0. The molecule has 3 aromatic rings. The molecule has 1 aliphatic rings. The number of nitrogens with zero attached hydrogens (tertiary/aromatic N) is 3. The lowest BCUT2D eigenvalue weighted by Crippen LogP contribution is -2.47. The molecule has 1 aliphatic heterocycles. The van der Waals surface area contributed by atoms with Gasteiger partial charge in [-0.25, -0.2) is 9.78 Å². The molecule has 198 valence electrons. The van der Waals surface area contributed by atoms with Crippen molar-refractivity contribution in [2.24, 2.45) is 11.3 Å². The summed E-state index contributed by atoms with van der Waals surface area (Å²) in [4.78, 5) is 46.6. The second-order valence-electron chi connectivity index (χ2n) is 11.0. The van der Waals surface area contributed by atoms with Crippen LogP contribution in [0.5, 0.6) is 0 Å². The molecular weight excluding hydrogens is 472 g/mol. The number of nitrogens with one attached hydrogen (secondary N) is 3. The fraction of sp³-hybridized carbons (Fsp3) is 0.481. The molecule has 0 radical (unpaired) electrons. The molecule has 10 heteroatoms. The van der Waals surface area contributed by atoms with Gasteiger partial charge in [0, 0.05) is 54.7 Å². The van der Waals surface area contributed by atoms with Gasteiger partial charge in [0.1, 0.15) is 6.54 Å². The van der Waals surface area contributed by atoms with Crippen molar-refractivity contribution >= 4 is 28.7 Å². The van der Waals surface area contributed by atoms with Crippen molar-refractivity contribution in [3.63, 3.8) is 0 Å². The van der Waals surface area contributed by atoms with E-state index in [0.29, 0.717) is 31.7 Å². The Bertz CT molecular complexity index is 1370. The van der Waals surface area contributed by atoms with Crippen molar-refractivity contribution in [2.45, 2.75) is 60.2 Å². The Morgan fingerprint density at radius 2 is 2.00 bits per heavy atom. The number of H-pyrrole nitrogens is 1. The number of likely N-dealkylation sites (tertiary alicyclic amines) is 1. The standard InChI is InChI=1S/C27H36N6O4/c1-16-11-28-21-7-6-18(10-20(16)21)13-29-22(34)15-33-17(2)12-30-24(25(33)35)31-14-19-8-9-32(26(36)37)23(19)27(3,4)5/h6-7,10-12,19,23,28H,8-9,13-15H2,1-5H3,(H,29,34)(H,30,31)(H,36,37)/t19-,23?/m1/s1. The number of hydrogen-bond donors (Lipinski definition) is 4. The second kappa shape index (κ2) is 10.3. The van der Waals surface area contributed by atoms with Gasteiger partial charge in [-0.1, -0.05) is 26.8 Å². The first-order chi connectivity index (χ1) is 17.5. The summed E-state index contributed by atoms with van der Waals surface area (Å²) in [6, 6.07) is 5.82. The molecule has 4 rings (SSSR count). The maximum Gasteiger partial charge on any atom is 0.407 e. The first-order valence-corrected chi connectivity index (χ1v) is 12.6. The molecule has 2 atom stereocenters. The number of hydrogen-bond acceptors (Lipinski definition) is 5. The van der Waals surface area contributed by atoms with Gasteiger partial charge in [0.2, 0.25) is 5.91 Å². The third-order valence-corrected chi connectivity index (χ3v) is 7.19. The Hall–Kier alpha value is -3.82. The van der Waals surface area contributed by atoms with Gasteiger partial charge in [-0.3, -0.25) is 14.2 Å². The van der Waals surface area contributed by atoms with Crippen LogP contribution in [0.1, 0.15) is 44.0 Å². The summed E-state index contributed by atoms with van der Waals surface area (Å²) < 4.78 is 1.41. The summed E-state index contributed by atoms with van der Waals surface area (Å²) in [5.41, 5.74) is 3.13. The lowest BCUT2D eigenvalue weighted by molar-refractivity contribution is -0.121. The van der Waals surface area contributed by atoms with E-state index in [0.717, 1.165) is 22.0 Å². The molecular formula is C27H36N6O4. The number of carboxylic acid groups (broad SMARTS) is 1. The van der Waals surface area contributed by atoms with E-state index in [4.69, 9.17) is 0 Å². The molecule has 1 saturated heterocycles. The number of benzene rings is 1. The first-order valence-electron chi connectivity index (χ1n) is 12.6. The molecule has 10 nitrogen and oxygen atoms in total. The number of amides is 2. The zero-order chi connectivity index (χ0) is 26.9. The second-order valence-corrected chi connectivity index (χ2v) is 11.0. The molecule has 4 N–H and O–H groups in total. The molecule has 2 amide bonds. The predicted molar refractivity (Wildman–Crippen MR) is 143 cm³/mol. The topological polar surface area (TPSA) is 132 Å². The molecule has 2 aromatic heterocycles. The maximum atomic E-state index is 13.2. The SMILES string of the molecule is Cc1c[nH]c2ccc(CNC(=O)Cn3c(C)cnc(NC[C@H]4CCN(C(=O)O)C4C(C)(C)C)c3=O)cc12. The van der Waals surface area contributed by atoms with Crippen molar-refractivity contribution in [3.05, 3.63) is 57.8 Å². The number of fused-ring (bicyclic) bond motifs is 1. The summed E-state index contributed by atoms with van der Waals surface area (Å²) in [6.45, 7) is 11.0. The van der Waals surface area contributed by atoms with Gasteiger partial charge < -0.3 is 25.6 Å². The van der Waals surface area contributed by atoms with Crippen molar-refractivity contribution in [1.29, 1.82) is 0 Å². The van der Waals surface area contributed by atoms with Crippen LogP contribution in [0.15, 0.2) is 35.4 Å². The first kappa shape index (κ1) is 26.2. The van der Waals surface area contributed by atoms with Gasteiger partial charge in [0.15, 0.2) is 5.82 Å². The minimum Gasteiger partial charge on any atom is -0.465 e. The average molecular weight is 509 g/mol. The van der Waals surface area contributed by atoms with Crippen LogP contribution in [-0.4, -0.2) is 55.7 Å². The number of rotatable bonds is 7. The molecule has 0 spiro atoms. The van der Waals surface area contributed by atoms with E-state index in [-0.39, 0.29) is 41.2 Å². The van der Waals surface area contributed by atoms with Crippen LogP contribution in [0.3, 0.4) is 0 Å². The molecule has 37 heavy (non-hydrogen) atoms. The van der Waals surface area contributed by atoms with Gasteiger partial charge >= 0.3 is 6.09 Å². The third-order valence-electron chi connectivity index (χ3n) is 7.19. The number of aryl methyl sites for hydroxylation is 2. The third kappa shape index (κ3) is 5.63. The fourth-order valence-corrected chi connectivity index (χ4v) is 5.39. The minimum absolute atomic E-state index is 0.0383. The van der Waals surface area contributed by atoms with E-state index in [1.54, 1.807) is 13.1 Å². The van der Waals surface area contributed by atoms with E-state index in [1.807, 2.05) is 52.1 Å². The highest BCUT2D eigenvalue weighted by atomic mass is 16.4. The van der Waals surface area contributed by atoms with Crippen LogP contribution in [-0.2, 0) is 17.9 Å². The van der Waals surface area contributed by atoms with E-state index >= 15 is 0 Å². The Morgan fingerprint density at radius 1 is 1.24 bits per heavy atom. The highest BCUT2D eigenvalue weighted by Crippen LogP contribution is 2.37. The quantitative estimate of drug-likeness (QED) is 0.386. The normalized spacial score (nSPS) is 17.8. The lowest BCUT2D eigenvalue weighted by atomic mass is 9.79. The van der Waals surface area contributed by atoms with E-state index in [1.165, 1.54) is 9.47 Å². The van der Waals surface area contributed by atoms with Crippen LogP contribution < -0.4 is 16.2 Å². The summed E-state index contributed by atoms with van der Waals surface area (Å²) in [5, 5.41) is 16.8. The Morgan fingerprint density at radius 3 is 2.70 bits per heavy atom. The van der Waals surface area contributed by atoms with Gasteiger partial charge in [-0.2, -0.15) is 0 Å². The minimum atomic E-state index is -0.924. The number of aromatic amines is 1. The van der Waals surface area contributed by atoms with Gasteiger partial charge in [0.25, 0.3) is 5.56 Å². The van der Waals surface area contributed by atoms with Crippen LogP contribution in [0.4, 0.5) is 10.6 Å². The van der Waals surface area contributed by atoms with E-state index in [2.05, 4.69) is 20.6 Å². The maximum absolute atomic E-state index is 13.2. The fourth-order valence-electron chi connectivity index (χ4n) is 5.39. The van der Waals surface area contributed by atoms with Gasteiger partial charge in [-0.15, -0.1) is 0 Å². The van der Waals surface area contributed by atoms with Crippen LogP contribution >= 0.6 is 0 Å². The summed E-state index contributed by atoms with van der Waals surface area (Å²) in [6.07, 6.45) is 3.30. The highest BCUT2D eigenvalue weighted by Gasteiger charge is 2.43. The van der Waals surface area contributed by atoms with Crippen molar-refractivity contribution in [3.8, 4) is 0 Å². The molecule has 1 unspecified atom stereocenters. The lowest BCUT2D eigenvalue weighted by Gasteiger charge is -2.37. The number of aromatic nitrogens is 3. The summed E-state index contributed by atoms with van der Waals surface area (Å²) in [7, 11) is 0. The van der Waals surface area contributed by atoms with Gasteiger partial charge in [0.05, 0.1) is 0 Å². The van der Waals surface area contributed by atoms with Gasteiger partial charge in [-0.05, 0) is 54.9 Å². The van der Waals surface area contributed by atoms with Crippen LogP contribution in [0, 0.1) is 25.2 Å². The van der Waals surface area contributed by atoms with Crippen LogP contribution in [0.25, 0.3) is 10.9 Å². The Kier molecular flexibility index (Phi) is 7.29. The van der Waals surface area contributed by atoms with Crippen molar-refractivity contribution in [1.82, 2.24) is 24.8 Å². The van der Waals surface area contributed by atoms with E-state index < -0.39 is 6.09 Å². The van der Waals surface area contributed by atoms with E-state index in [9.17, 15) is 19.5 Å². The zero-order valence-electron chi connectivity index (χ0n) is 22.1. The molecule has 3 heterocycles. The predicted octanol–water partition coefficient (Wildman–Crippen LogP) is 3.48. The Balaban J connectivity index is 1.41.